The Morgan fingerprint density at radius 1 is 1.40 bits per heavy atom. The number of rotatable bonds is 3. The van der Waals surface area contributed by atoms with Gasteiger partial charge in [0.15, 0.2) is 0 Å². The van der Waals surface area contributed by atoms with Crippen LogP contribution in [-0.4, -0.2) is 38.0 Å². The van der Waals surface area contributed by atoms with Crippen LogP contribution in [0, 0.1) is 13.8 Å². The van der Waals surface area contributed by atoms with Crippen molar-refractivity contribution >= 4 is 0 Å². The van der Waals surface area contributed by atoms with Crippen LogP contribution in [0.25, 0.3) is 0 Å². The molecular weight excluding hydrogens is 250 g/mol. The molecule has 1 aliphatic rings. The van der Waals surface area contributed by atoms with Crippen LogP contribution in [-0.2, 0) is 13.6 Å². The van der Waals surface area contributed by atoms with Crippen molar-refractivity contribution in [2.75, 3.05) is 13.1 Å². The predicted octanol–water partition coefficient (Wildman–Crippen LogP) is 2.14. The fourth-order valence-electron chi connectivity index (χ4n) is 3.25. The van der Waals surface area contributed by atoms with E-state index in [1.165, 1.54) is 36.2 Å². The number of hydrogen-bond donors (Lipinski definition) is 1. The number of hydrogen-bond acceptors (Lipinski definition) is 3. The second kappa shape index (κ2) is 5.40. The van der Waals surface area contributed by atoms with E-state index in [0.717, 1.165) is 18.8 Å². The van der Waals surface area contributed by atoms with Gasteiger partial charge in [0.05, 0.1) is 11.9 Å². The van der Waals surface area contributed by atoms with Crippen LogP contribution in [0.3, 0.4) is 0 Å². The first kappa shape index (κ1) is 13.4. The van der Waals surface area contributed by atoms with Crippen molar-refractivity contribution in [2.24, 2.45) is 7.05 Å². The van der Waals surface area contributed by atoms with Crippen LogP contribution >= 0.6 is 0 Å². The van der Waals surface area contributed by atoms with Crippen LogP contribution in [0.1, 0.15) is 41.3 Å². The molecule has 1 unspecified atom stereocenters. The maximum absolute atomic E-state index is 4.43. The fraction of sp³-hybridized carbons (Fsp3) is 0.600. The van der Waals surface area contributed by atoms with E-state index in [0.29, 0.717) is 5.92 Å². The average Bonchev–Trinajstić information content (AvgIpc) is 2.96. The number of nitrogens with zero attached hydrogens (tertiary/aromatic N) is 4. The Kier molecular flexibility index (Phi) is 3.61. The first-order valence-corrected chi connectivity index (χ1v) is 7.35. The number of nitrogens with one attached hydrogen (secondary N) is 1. The van der Waals surface area contributed by atoms with E-state index < -0.39 is 0 Å². The van der Waals surface area contributed by atoms with Gasteiger partial charge < -0.3 is 0 Å². The van der Waals surface area contributed by atoms with E-state index in [2.05, 4.69) is 40.2 Å². The fourth-order valence-corrected chi connectivity index (χ4v) is 3.25. The van der Waals surface area contributed by atoms with Gasteiger partial charge in [-0.3, -0.25) is 14.7 Å². The zero-order chi connectivity index (χ0) is 14.1. The minimum absolute atomic E-state index is 0.586. The zero-order valence-electron chi connectivity index (χ0n) is 12.6. The van der Waals surface area contributed by atoms with Gasteiger partial charge in [-0.2, -0.15) is 10.2 Å². The highest BCUT2D eigenvalue weighted by Gasteiger charge is 2.24. The number of likely N-dealkylation sites (tertiary alicyclic amines) is 1. The van der Waals surface area contributed by atoms with Gasteiger partial charge in [0.2, 0.25) is 0 Å². The van der Waals surface area contributed by atoms with Crippen LogP contribution in [0.4, 0.5) is 0 Å². The number of H-pyrrole nitrogens is 1. The Morgan fingerprint density at radius 3 is 2.90 bits per heavy atom. The maximum atomic E-state index is 4.43. The molecule has 0 aliphatic carbocycles. The molecular formula is C15H23N5. The predicted molar refractivity (Wildman–Crippen MR) is 78.5 cm³/mol. The summed E-state index contributed by atoms with van der Waals surface area (Å²) < 4.78 is 1.91. The van der Waals surface area contributed by atoms with Gasteiger partial charge in [0.25, 0.3) is 0 Å². The third kappa shape index (κ3) is 2.63. The van der Waals surface area contributed by atoms with E-state index in [4.69, 9.17) is 0 Å². The molecule has 1 fully saturated rings. The van der Waals surface area contributed by atoms with Gasteiger partial charge >= 0.3 is 0 Å². The molecule has 1 atom stereocenters. The van der Waals surface area contributed by atoms with Crippen LogP contribution in [0.5, 0.6) is 0 Å². The molecule has 20 heavy (non-hydrogen) atoms. The van der Waals surface area contributed by atoms with Gasteiger partial charge in [-0.05, 0) is 38.8 Å². The molecule has 5 heteroatoms. The summed E-state index contributed by atoms with van der Waals surface area (Å²) in [6, 6.07) is 0. The molecule has 1 saturated heterocycles. The Bertz CT molecular complexity index is 583. The monoisotopic (exact) mass is 273 g/mol. The highest BCUT2D eigenvalue weighted by molar-refractivity contribution is 5.20. The molecule has 0 aromatic carbocycles. The Balaban J connectivity index is 1.69. The largest absolute Gasteiger partial charge is 0.298 e. The summed E-state index contributed by atoms with van der Waals surface area (Å²) in [7, 11) is 1.99. The topological polar surface area (TPSA) is 49.7 Å². The lowest BCUT2D eigenvalue weighted by atomic mass is 9.92. The van der Waals surface area contributed by atoms with Gasteiger partial charge in [-0.1, -0.05) is 0 Å². The van der Waals surface area contributed by atoms with E-state index in [1.807, 2.05) is 17.9 Å². The molecule has 2 aromatic heterocycles. The first-order valence-electron chi connectivity index (χ1n) is 7.35. The smallest absolute Gasteiger partial charge is 0.0638 e. The second-order valence-corrected chi connectivity index (χ2v) is 5.95. The van der Waals surface area contributed by atoms with Crippen molar-refractivity contribution in [1.29, 1.82) is 0 Å². The molecule has 1 N–H and O–H groups in total. The van der Waals surface area contributed by atoms with E-state index >= 15 is 0 Å². The first-order chi connectivity index (χ1) is 9.63. The average molecular weight is 273 g/mol. The van der Waals surface area contributed by atoms with Crippen molar-refractivity contribution < 1.29 is 0 Å². The molecule has 0 radical (unpaired) electrons. The van der Waals surface area contributed by atoms with Gasteiger partial charge in [-0.15, -0.1) is 0 Å². The third-order valence-corrected chi connectivity index (χ3v) is 4.29. The molecule has 0 saturated carbocycles. The summed E-state index contributed by atoms with van der Waals surface area (Å²) in [6.45, 7) is 7.53. The molecule has 108 valence electrons. The number of aryl methyl sites for hydroxylation is 3. The summed E-state index contributed by atoms with van der Waals surface area (Å²) >= 11 is 0. The zero-order valence-corrected chi connectivity index (χ0v) is 12.6. The molecule has 5 nitrogen and oxygen atoms in total. The van der Waals surface area contributed by atoms with Crippen molar-refractivity contribution in [3.63, 3.8) is 0 Å². The summed E-state index contributed by atoms with van der Waals surface area (Å²) in [5.74, 6) is 0.586. The van der Waals surface area contributed by atoms with Gasteiger partial charge in [0.1, 0.15) is 0 Å². The lowest BCUT2D eigenvalue weighted by Crippen LogP contribution is -2.34. The van der Waals surface area contributed by atoms with Crippen molar-refractivity contribution in [3.05, 3.63) is 34.9 Å². The summed E-state index contributed by atoms with van der Waals surface area (Å²) in [4.78, 5) is 2.54. The van der Waals surface area contributed by atoms with Gasteiger partial charge in [-0.25, -0.2) is 0 Å². The number of aromatic nitrogens is 4. The summed E-state index contributed by atoms with van der Waals surface area (Å²) in [5.41, 5.74) is 5.09. The highest BCUT2D eigenvalue weighted by atomic mass is 15.3. The Labute approximate surface area is 120 Å². The Morgan fingerprint density at radius 2 is 2.25 bits per heavy atom. The highest BCUT2D eigenvalue weighted by Crippen LogP contribution is 2.28. The van der Waals surface area contributed by atoms with Crippen LogP contribution in [0.2, 0.25) is 0 Å². The third-order valence-electron chi connectivity index (χ3n) is 4.29. The van der Waals surface area contributed by atoms with Crippen LogP contribution < -0.4 is 0 Å². The SMILES string of the molecule is Cc1cn[nH]c1C1CCCN(Cc2cn(C)nc2C)C1. The molecule has 3 rings (SSSR count). The minimum Gasteiger partial charge on any atom is -0.298 e. The lowest BCUT2D eigenvalue weighted by Gasteiger charge is -2.32. The van der Waals surface area contributed by atoms with E-state index in [9.17, 15) is 0 Å². The second-order valence-electron chi connectivity index (χ2n) is 5.95. The maximum Gasteiger partial charge on any atom is 0.0638 e. The number of aromatic amines is 1. The summed E-state index contributed by atoms with van der Waals surface area (Å²) in [6.07, 6.45) is 6.58. The quantitative estimate of drug-likeness (QED) is 0.932. The minimum atomic E-state index is 0.586. The lowest BCUT2D eigenvalue weighted by molar-refractivity contribution is 0.198. The van der Waals surface area contributed by atoms with Gasteiger partial charge in [0, 0.05) is 43.5 Å². The summed E-state index contributed by atoms with van der Waals surface area (Å²) in [5, 5.41) is 11.8. The van der Waals surface area contributed by atoms with Crippen molar-refractivity contribution in [1.82, 2.24) is 24.9 Å². The molecule has 2 aromatic rings. The molecule has 0 spiro atoms. The standard InChI is InChI=1S/C15H23N5/c1-11-7-16-17-15(11)13-5-4-6-20(9-13)10-14-8-19(3)18-12(14)2/h7-8,13H,4-6,9-10H2,1-3H3,(H,16,17). The Hall–Kier alpha value is -1.62. The van der Waals surface area contributed by atoms with E-state index in [1.54, 1.807) is 0 Å². The van der Waals surface area contributed by atoms with Crippen molar-refractivity contribution in [3.8, 4) is 0 Å². The van der Waals surface area contributed by atoms with Crippen molar-refractivity contribution in [2.45, 2.75) is 39.2 Å². The number of piperidine rings is 1. The molecule has 3 heterocycles. The van der Waals surface area contributed by atoms with Crippen LogP contribution in [0.15, 0.2) is 12.4 Å². The van der Waals surface area contributed by atoms with E-state index in [-0.39, 0.29) is 0 Å². The normalized spacial score (nSPS) is 20.4. The molecule has 0 amide bonds. The molecule has 0 bridgehead atoms. The molecule has 1 aliphatic heterocycles.